The van der Waals surface area contributed by atoms with Crippen LogP contribution in [-0.2, 0) is 16.1 Å². The summed E-state index contributed by atoms with van der Waals surface area (Å²) in [5.74, 6) is -0.333. The second kappa shape index (κ2) is 5.23. The van der Waals surface area contributed by atoms with Gasteiger partial charge in [-0.1, -0.05) is 0 Å². The summed E-state index contributed by atoms with van der Waals surface area (Å²) >= 11 is 0. The third kappa shape index (κ3) is 3.06. The van der Waals surface area contributed by atoms with E-state index in [1.807, 2.05) is 0 Å². The van der Waals surface area contributed by atoms with Gasteiger partial charge in [-0.05, 0) is 0 Å². The predicted molar refractivity (Wildman–Crippen MR) is 49.8 cm³/mol. The Morgan fingerprint density at radius 2 is 2.57 bits per heavy atom. The highest BCUT2D eigenvalue weighted by molar-refractivity contribution is 5.74. The molecule has 14 heavy (non-hydrogen) atoms. The van der Waals surface area contributed by atoms with Gasteiger partial charge in [-0.25, -0.2) is 0 Å². The zero-order chi connectivity index (χ0) is 10.4. The van der Waals surface area contributed by atoms with Gasteiger partial charge in [0.2, 0.25) is 0 Å². The molecule has 0 saturated heterocycles. The van der Waals surface area contributed by atoms with Crippen molar-refractivity contribution >= 4 is 11.7 Å². The smallest absolute Gasteiger partial charge is 0.325 e. The molecule has 0 aliphatic rings. The van der Waals surface area contributed by atoms with Crippen LogP contribution in [0.15, 0.2) is 12.4 Å². The summed E-state index contributed by atoms with van der Waals surface area (Å²) in [5.41, 5.74) is 0.726. The Labute approximate surface area is 81.5 Å². The van der Waals surface area contributed by atoms with E-state index in [4.69, 9.17) is 5.11 Å². The molecule has 1 aromatic heterocycles. The maximum Gasteiger partial charge on any atom is 0.325 e. The lowest BCUT2D eigenvalue weighted by Gasteiger charge is -2.00. The number of carbonyl (C=O) groups is 1. The molecule has 0 saturated carbocycles. The number of nitrogens with zero attached hydrogens (tertiary/aromatic N) is 2. The number of rotatable bonds is 5. The lowest BCUT2D eigenvalue weighted by molar-refractivity contribution is -0.138. The van der Waals surface area contributed by atoms with Crippen LogP contribution in [0.3, 0.4) is 0 Å². The summed E-state index contributed by atoms with van der Waals surface area (Å²) < 4.78 is 6.04. The number of aliphatic hydroxyl groups is 1. The Hall–Kier alpha value is -1.56. The average molecular weight is 199 g/mol. The van der Waals surface area contributed by atoms with Crippen molar-refractivity contribution in [1.29, 1.82) is 0 Å². The van der Waals surface area contributed by atoms with Gasteiger partial charge in [-0.3, -0.25) is 9.48 Å². The topological polar surface area (TPSA) is 76.4 Å². The molecule has 78 valence electrons. The lowest BCUT2D eigenvalue weighted by Crippen LogP contribution is -2.14. The van der Waals surface area contributed by atoms with Crippen LogP contribution in [0.4, 0.5) is 5.69 Å². The molecule has 6 nitrogen and oxygen atoms in total. The standard InChI is InChI=1S/C8H13N3O3/c1-14-8(13)5-9-7-4-10-11(6-7)2-3-12/h4,6,9,12H,2-3,5H2,1H3. The zero-order valence-electron chi connectivity index (χ0n) is 7.93. The summed E-state index contributed by atoms with van der Waals surface area (Å²) in [7, 11) is 1.33. The molecule has 0 fully saturated rings. The van der Waals surface area contributed by atoms with Gasteiger partial charge in [0, 0.05) is 6.20 Å². The van der Waals surface area contributed by atoms with Crippen LogP contribution in [0.2, 0.25) is 0 Å². The number of hydrogen-bond acceptors (Lipinski definition) is 5. The van der Waals surface area contributed by atoms with Crippen molar-refractivity contribution < 1.29 is 14.6 Å². The van der Waals surface area contributed by atoms with E-state index < -0.39 is 0 Å². The third-order valence-electron chi connectivity index (χ3n) is 1.63. The lowest BCUT2D eigenvalue weighted by atomic mass is 10.5. The SMILES string of the molecule is COC(=O)CNc1cnn(CCO)c1. The minimum atomic E-state index is -0.333. The van der Waals surface area contributed by atoms with Crippen LogP contribution >= 0.6 is 0 Å². The van der Waals surface area contributed by atoms with Gasteiger partial charge in [-0.15, -0.1) is 0 Å². The molecule has 0 aliphatic heterocycles. The van der Waals surface area contributed by atoms with E-state index in [2.05, 4.69) is 15.2 Å². The minimum Gasteiger partial charge on any atom is -0.468 e. The van der Waals surface area contributed by atoms with Gasteiger partial charge in [0.05, 0.1) is 32.1 Å². The molecule has 0 amide bonds. The number of anilines is 1. The van der Waals surface area contributed by atoms with Crippen molar-refractivity contribution in [2.24, 2.45) is 0 Å². The fourth-order valence-corrected chi connectivity index (χ4v) is 0.926. The second-order valence-electron chi connectivity index (χ2n) is 2.65. The number of carbonyl (C=O) groups excluding carboxylic acids is 1. The molecular weight excluding hydrogens is 186 g/mol. The molecule has 0 aromatic carbocycles. The van der Waals surface area contributed by atoms with Crippen LogP contribution < -0.4 is 5.32 Å². The number of aliphatic hydroxyl groups excluding tert-OH is 1. The number of nitrogens with one attached hydrogen (secondary N) is 1. The van der Waals surface area contributed by atoms with Gasteiger partial charge in [-0.2, -0.15) is 5.10 Å². The van der Waals surface area contributed by atoms with Crippen molar-refractivity contribution in [2.75, 3.05) is 25.6 Å². The van der Waals surface area contributed by atoms with Crippen LogP contribution in [0.1, 0.15) is 0 Å². The van der Waals surface area contributed by atoms with Crippen LogP contribution in [0, 0.1) is 0 Å². The molecule has 1 rings (SSSR count). The molecule has 6 heteroatoms. The van der Waals surface area contributed by atoms with E-state index in [1.165, 1.54) is 7.11 Å². The van der Waals surface area contributed by atoms with Gasteiger partial charge >= 0.3 is 5.97 Å². The first kappa shape index (κ1) is 10.5. The Morgan fingerprint density at radius 1 is 1.79 bits per heavy atom. The monoisotopic (exact) mass is 199 g/mol. The van der Waals surface area contributed by atoms with Crippen molar-refractivity contribution in [3.63, 3.8) is 0 Å². The number of methoxy groups -OCH3 is 1. The Bertz CT molecular complexity index is 298. The largest absolute Gasteiger partial charge is 0.468 e. The number of ether oxygens (including phenoxy) is 1. The van der Waals surface area contributed by atoms with Crippen LogP contribution in [-0.4, -0.2) is 41.1 Å². The van der Waals surface area contributed by atoms with E-state index >= 15 is 0 Å². The maximum absolute atomic E-state index is 10.8. The average Bonchev–Trinajstić information content (AvgIpc) is 2.63. The molecule has 0 bridgehead atoms. The van der Waals surface area contributed by atoms with Gasteiger partial charge < -0.3 is 15.2 Å². The number of esters is 1. The maximum atomic E-state index is 10.8. The minimum absolute atomic E-state index is 0.0398. The zero-order valence-corrected chi connectivity index (χ0v) is 7.93. The van der Waals surface area contributed by atoms with Crippen LogP contribution in [0.25, 0.3) is 0 Å². The Morgan fingerprint density at radius 3 is 3.21 bits per heavy atom. The normalized spacial score (nSPS) is 9.86. The number of hydrogen-bond donors (Lipinski definition) is 2. The first-order valence-corrected chi connectivity index (χ1v) is 4.20. The molecule has 2 N–H and O–H groups in total. The van der Waals surface area contributed by atoms with E-state index in [1.54, 1.807) is 17.1 Å². The molecule has 0 aliphatic carbocycles. The second-order valence-corrected chi connectivity index (χ2v) is 2.65. The Kier molecular flexibility index (Phi) is 3.93. The molecule has 0 atom stereocenters. The quantitative estimate of drug-likeness (QED) is 0.623. The fourth-order valence-electron chi connectivity index (χ4n) is 0.926. The molecule has 0 radical (unpaired) electrons. The Balaban J connectivity index is 2.39. The summed E-state index contributed by atoms with van der Waals surface area (Å²) in [4.78, 5) is 10.8. The molecule has 0 spiro atoms. The summed E-state index contributed by atoms with van der Waals surface area (Å²) in [5, 5.41) is 15.4. The van der Waals surface area contributed by atoms with Gasteiger partial charge in [0.25, 0.3) is 0 Å². The highest BCUT2D eigenvalue weighted by atomic mass is 16.5. The molecule has 1 heterocycles. The van der Waals surface area contributed by atoms with E-state index in [0.29, 0.717) is 6.54 Å². The first-order chi connectivity index (χ1) is 6.76. The van der Waals surface area contributed by atoms with E-state index in [0.717, 1.165) is 5.69 Å². The predicted octanol–water partition coefficient (Wildman–Crippen LogP) is -0.540. The summed E-state index contributed by atoms with van der Waals surface area (Å²) in [6.07, 6.45) is 3.29. The van der Waals surface area contributed by atoms with Gasteiger partial charge in [0.15, 0.2) is 0 Å². The van der Waals surface area contributed by atoms with Crippen molar-refractivity contribution in [1.82, 2.24) is 9.78 Å². The first-order valence-electron chi connectivity index (χ1n) is 4.20. The highest BCUT2D eigenvalue weighted by Gasteiger charge is 2.01. The highest BCUT2D eigenvalue weighted by Crippen LogP contribution is 2.03. The molecular formula is C8H13N3O3. The third-order valence-corrected chi connectivity index (χ3v) is 1.63. The van der Waals surface area contributed by atoms with Crippen molar-refractivity contribution in [3.05, 3.63) is 12.4 Å². The number of aromatic nitrogens is 2. The van der Waals surface area contributed by atoms with Crippen molar-refractivity contribution in [2.45, 2.75) is 6.54 Å². The van der Waals surface area contributed by atoms with Crippen molar-refractivity contribution in [3.8, 4) is 0 Å². The van der Waals surface area contributed by atoms with E-state index in [-0.39, 0.29) is 19.1 Å². The molecule has 1 aromatic rings. The van der Waals surface area contributed by atoms with Gasteiger partial charge in [0.1, 0.15) is 6.54 Å². The summed E-state index contributed by atoms with van der Waals surface area (Å²) in [6, 6.07) is 0. The van der Waals surface area contributed by atoms with E-state index in [9.17, 15) is 4.79 Å². The van der Waals surface area contributed by atoms with Crippen LogP contribution in [0.5, 0.6) is 0 Å². The fraction of sp³-hybridized carbons (Fsp3) is 0.500. The molecule has 0 unspecified atom stereocenters. The summed E-state index contributed by atoms with van der Waals surface area (Å²) in [6.45, 7) is 0.597.